The zero-order valence-electron chi connectivity index (χ0n) is 11.9. The summed E-state index contributed by atoms with van der Waals surface area (Å²) in [5.74, 6) is 0. The van der Waals surface area contributed by atoms with E-state index in [0.717, 1.165) is 0 Å². The Bertz CT molecular complexity index is 817. The minimum atomic E-state index is -0.481. The lowest BCUT2D eigenvalue weighted by atomic mass is 10.3. The zero-order valence-corrected chi connectivity index (χ0v) is 14.9. The van der Waals surface area contributed by atoms with Crippen LogP contribution >= 0.6 is 46.4 Å². The Morgan fingerprint density at radius 1 is 1.26 bits per heavy atom. The van der Waals surface area contributed by atoms with Crippen molar-refractivity contribution in [2.75, 3.05) is 5.32 Å². The van der Waals surface area contributed by atoms with Crippen LogP contribution in [0, 0.1) is 17.0 Å². The van der Waals surface area contributed by atoms with Gasteiger partial charge in [-0.3, -0.25) is 14.8 Å². The summed E-state index contributed by atoms with van der Waals surface area (Å²) in [5, 5.41) is 18.7. The normalized spacial score (nSPS) is 11.2. The molecule has 0 aliphatic rings. The highest BCUT2D eigenvalue weighted by Gasteiger charge is 2.21. The van der Waals surface area contributed by atoms with Gasteiger partial charge in [0.1, 0.15) is 11.4 Å². The highest BCUT2D eigenvalue weighted by atomic mass is 35.5. The molecule has 2 aromatic rings. The molecule has 23 heavy (non-hydrogen) atoms. The molecule has 0 amide bonds. The van der Waals surface area contributed by atoms with Gasteiger partial charge in [0.05, 0.1) is 30.7 Å². The van der Waals surface area contributed by atoms with E-state index in [2.05, 4.69) is 10.4 Å². The molecule has 2 rings (SSSR count). The summed E-state index contributed by atoms with van der Waals surface area (Å²) in [4.78, 5) is 10.6. The maximum absolute atomic E-state index is 11.1. The highest BCUT2D eigenvalue weighted by molar-refractivity contribution is 6.52. The maximum Gasteiger partial charge on any atom is 0.317 e. The van der Waals surface area contributed by atoms with Crippen LogP contribution < -0.4 is 5.32 Å². The first-order valence-corrected chi connectivity index (χ1v) is 7.69. The van der Waals surface area contributed by atoms with Gasteiger partial charge in [-0.05, 0) is 19.1 Å². The van der Waals surface area contributed by atoms with Gasteiger partial charge < -0.3 is 5.32 Å². The third-order valence-electron chi connectivity index (χ3n) is 3.00. The summed E-state index contributed by atoms with van der Waals surface area (Å²) in [6.45, 7) is 1.57. The van der Waals surface area contributed by atoms with Gasteiger partial charge in [-0.1, -0.05) is 46.4 Å². The van der Waals surface area contributed by atoms with Crippen molar-refractivity contribution in [2.45, 2.75) is 6.92 Å². The van der Waals surface area contributed by atoms with Crippen LogP contribution in [0.1, 0.15) is 11.4 Å². The van der Waals surface area contributed by atoms with Crippen molar-refractivity contribution in [3.63, 3.8) is 0 Å². The molecule has 0 atom stereocenters. The van der Waals surface area contributed by atoms with E-state index in [-0.39, 0.29) is 25.8 Å². The van der Waals surface area contributed by atoms with Crippen molar-refractivity contribution in [1.82, 2.24) is 9.78 Å². The number of anilines is 1. The van der Waals surface area contributed by atoms with Gasteiger partial charge in [0, 0.05) is 13.2 Å². The van der Waals surface area contributed by atoms with Gasteiger partial charge >= 0.3 is 5.69 Å². The van der Waals surface area contributed by atoms with E-state index in [9.17, 15) is 10.1 Å². The Labute approximate surface area is 151 Å². The van der Waals surface area contributed by atoms with Crippen LogP contribution in [0.15, 0.2) is 12.3 Å². The fraction of sp³-hybridized carbons (Fsp3) is 0.154. The Kier molecular flexibility index (Phi) is 5.41. The second kappa shape index (κ2) is 6.97. The second-order valence-corrected chi connectivity index (χ2v) is 6.07. The van der Waals surface area contributed by atoms with Gasteiger partial charge in [0.15, 0.2) is 0 Å². The molecule has 0 fully saturated rings. The van der Waals surface area contributed by atoms with Gasteiger partial charge in [0.2, 0.25) is 0 Å². The Hall–Kier alpha value is -1.47. The molecule has 0 radical (unpaired) electrons. The highest BCUT2D eigenvalue weighted by Crippen LogP contribution is 2.40. The van der Waals surface area contributed by atoms with E-state index < -0.39 is 4.92 Å². The maximum atomic E-state index is 11.1. The summed E-state index contributed by atoms with van der Waals surface area (Å²) in [7, 11) is 1.61. The number of halogens is 4. The van der Waals surface area contributed by atoms with Gasteiger partial charge in [0.25, 0.3) is 0 Å². The van der Waals surface area contributed by atoms with Crippen LogP contribution in [-0.2, 0) is 7.05 Å². The molecule has 1 aromatic carbocycles. The molecule has 1 aromatic heterocycles. The predicted molar refractivity (Wildman–Crippen MR) is 93.7 cm³/mol. The topological polar surface area (TPSA) is 73.0 Å². The summed E-state index contributed by atoms with van der Waals surface area (Å²) in [5.41, 5.74) is 1.02. The fourth-order valence-corrected chi connectivity index (χ4v) is 2.82. The van der Waals surface area contributed by atoms with Crippen LogP contribution in [0.2, 0.25) is 20.1 Å². The molecule has 0 aliphatic carbocycles. The molecule has 0 saturated heterocycles. The molecule has 122 valence electrons. The van der Waals surface area contributed by atoms with E-state index in [1.165, 1.54) is 23.0 Å². The van der Waals surface area contributed by atoms with Crippen molar-refractivity contribution in [3.05, 3.63) is 53.9 Å². The van der Waals surface area contributed by atoms with E-state index in [1.54, 1.807) is 14.0 Å². The fourth-order valence-electron chi connectivity index (χ4n) is 1.97. The van der Waals surface area contributed by atoms with Crippen LogP contribution in [0.3, 0.4) is 0 Å². The van der Waals surface area contributed by atoms with Gasteiger partial charge in [-0.15, -0.1) is 0 Å². The molecule has 0 spiro atoms. The van der Waals surface area contributed by atoms with E-state index in [4.69, 9.17) is 46.4 Å². The number of rotatable bonds is 4. The number of hydrogen-bond acceptors (Lipinski definition) is 4. The second-order valence-electron chi connectivity index (χ2n) is 4.53. The zero-order chi connectivity index (χ0) is 17.3. The van der Waals surface area contributed by atoms with Crippen molar-refractivity contribution in [3.8, 4) is 0 Å². The number of nitrogens with one attached hydrogen (secondary N) is 1. The molecule has 1 heterocycles. The third kappa shape index (κ3) is 3.55. The lowest BCUT2D eigenvalue weighted by Gasteiger charge is -2.08. The summed E-state index contributed by atoms with van der Waals surface area (Å²) in [6.07, 6.45) is 2.98. The average Bonchev–Trinajstić information content (AvgIpc) is 2.76. The molecule has 0 saturated carbocycles. The standard InChI is InChI=1S/C13H10Cl4N4O2/c1-6-13(21(22)23)9(20(2)19-6)3-4-18-8-5-7(14)10(15)12(17)11(8)16/h3-5,18H,1-2H3/b4-3+. The first-order valence-electron chi connectivity index (χ1n) is 6.18. The van der Waals surface area contributed by atoms with E-state index in [1.807, 2.05) is 0 Å². The number of hydrogen-bond donors (Lipinski definition) is 1. The third-order valence-corrected chi connectivity index (χ3v) is 4.75. The van der Waals surface area contributed by atoms with E-state index in [0.29, 0.717) is 17.1 Å². The smallest absolute Gasteiger partial charge is 0.317 e. The number of nitrogens with zero attached hydrogens (tertiary/aromatic N) is 3. The quantitative estimate of drug-likeness (QED) is 0.328. The van der Waals surface area contributed by atoms with Crippen LogP contribution in [0.4, 0.5) is 11.4 Å². The molecule has 10 heteroatoms. The Morgan fingerprint density at radius 2 is 1.91 bits per heavy atom. The van der Waals surface area contributed by atoms with Crippen molar-refractivity contribution < 1.29 is 4.92 Å². The number of aromatic nitrogens is 2. The molecule has 0 aliphatic heterocycles. The molecular weight excluding hydrogens is 386 g/mol. The average molecular weight is 396 g/mol. The lowest BCUT2D eigenvalue weighted by molar-refractivity contribution is -0.385. The SMILES string of the molecule is Cc1nn(C)c(/C=C/Nc2cc(Cl)c(Cl)c(Cl)c2Cl)c1[N+](=O)[O-]. The van der Waals surface area contributed by atoms with Gasteiger partial charge in [-0.25, -0.2) is 0 Å². The predicted octanol–water partition coefficient (Wildman–Crippen LogP) is 5.33. The van der Waals surface area contributed by atoms with Gasteiger partial charge in [-0.2, -0.15) is 5.10 Å². The minimum absolute atomic E-state index is 0.0659. The lowest BCUT2D eigenvalue weighted by Crippen LogP contribution is -1.97. The number of nitro groups is 1. The monoisotopic (exact) mass is 394 g/mol. The number of benzene rings is 1. The van der Waals surface area contributed by atoms with Crippen LogP contribution in [0.25, 0.3) is 6.08 Å². The summed E-state index contributed by atoms with van der Waals surface area (Å²) in [6, 6.07) is 1.51. The Balaban J connectivity index is 2.33. The molecule has 1 N–H and O–H groups in total. The molecule has 0 bridgehead atoms. The molecule has 6 nitrogen and oxygen atoms in total. The summed E-state index contributed by atoms with van der Waals surface area (Å²) < 4.78 is 1.41. The Morgan fingerprint density at radius 3 is 2.52 bits per heavy atom. The first-order chi connectivity index (χ1) is 10.7. The van der Waals surface area contributed by atoms with Crippen LogP contribution in [-0.4, -0.2) is 14.7 Å². The number of aryl methyl sites for hydroxylation is 2. The minimum Gasteiger partial charge on any atom is -0.360 e. The van der Waals surface area contributed by atoms with E-state index >= 15 is 0 Å². The molecule has 0 unspecified atom stereocenters. The van der Waals surface area contributed by atoms with Crippen LogP contribution in [0.5, 0.6) is 0 Å². The summed E-state index contributed by atoms with van der Waals surface area (Å²) >= 11 is 23.9. The van der Waals surface area contributed by atoms with Crippen molar-refractivity contribution >= 4 is 63.9 Å². The molecular formula is C13H10Cl4N4O2. The largest absolute Gasteiger partial charge is 0.360 e. The first kappa shape index (κ1) is 17.9. The van der Waals surface area contributed by atoms with Crippen molar-refractivity contribution in [2.24, 2.45) is 7.05 Å². The van der Waals surface area contributed by atoms with Crippen molar-refractivity contribution in [1.29, 1.82) is 0 Å².